The van der Waals surface area contributed by atoms with Crippen LogP contribution in [0.15, 0.2) is 42.5 Å². The second-order valence-corrected chi connectivity index (χ2v) is 7.83. The first kappa shape index (κ1) is 22.3. The smallest absolute Gasteiger partial charge is 0.341 e. The molecule has 31 heavy (non-hydrogen) atoms. The third-order valence-corrected chi connectivity index (χ3v) is 5.88. The van der Waals surface area contributed by atoms with E-state index in [0.29, 0.717) is 16.3 Å². The van der Waals surface area contributed by atoms with Gasteiger partial charge >= 0.3 is 5.97 Å². The predicted octanol–water partition coefficient (Wildman–Crippen LogP) is 4.72. The van der Waals surface area contributed by atoms with Gasteiger partial charge in [-0.2, -0.15) is 0 Å². The zero-order valence-corrected chi connectivity index (χ0v) is 18.0. The third-order valence-electron chi connectivity index (χ3n) is 4.33. The molecule has 0 saturated carbocycles. The van der Waals surface area contributed by atoms with E-state index in [4.69, 9.17) is 22.1 Å². The van der Waals surface area contributed by atoms with Crippen LogP contribution in [0.3, 0.4) is 0 Å². The fourth-order valence-corrected chi connectivity index (χ4v) is 3.95. The molecular weight excluding hydrogens is 445 g/mol. The van der Waals surface area contributed by atoms with Crippen LogP contribution in [0, 0.1) is 12.7 Å². The molecule has 0 fully saturated rings. The van der Waals surface area contributed by atoms with Crippen LogP contribution >= 0.6 is 22.9 Å². The van der Waals surface area contributed by atoms with Gasteiger partial charge in [0.15, 0.2) is 0 Å². The number of nitrogens with one attached hydrogen (secondary N) is 2. The summed E-state index contributed by atoms with van der Waals surface area (Å²) in [7, 11) is 1.20. The Balaban J connectivity index is 1.93. The van der Waals surface area contributed by atoms with Gasteiger partial charge in [-0.25, -0.2) is 9.18 Å². The number of nitrogens with two attached hydrogens (primary N) is 1. The predicted molar refractivity (Wildman–Crippen MR) is 119 cm³/mol. The summed E-state index contributed by atoms with van der Waals surface area (Å²) in [5.74, 6) is -2.21. The van der Waals surface area contributed by atoms with E-state index in [0.717, 1.165) is 11.3 Å². The topological polar surface area (TPSA) is 111 Å². The lowest BCUT2D eigenvalue weighted by Gasteiger charge is -2.07. The van der Waals surface area contributed by atoms with Crippen molar-refractivity contribution in [2.75, 3.05) is 23.5 Å². The number of carbonyl (C=O) groups is 3. The number of ether oxygens (including phenoxy) is 1. The van der Waals surface area contributed by atoms with E-state index in [1.165, 1.54) is 49.6 Å². The van der Waals surface area contributed by atoms with E-state index in [-0.39, 0.29) is 26.7 Å². The number of amides is 2. The molecule has 2 aromatic carbocycles. The SMILES string of the molecule is COC(=O)c1c(NC(=O)c2ccc(Cl)c(N)c2)sc(C(=O)Nc2ccc(F)cc2)c1C. The molecule has 3 aromatic rings. The lowest BCUT2D eigenvalue weighted by Crippen LogP contribution is -2.14. The molecule has 0 spiro atoms. The number of methoxy groups -OCH3 is 1. The molecule has 0 saturated heterocycles. The monoisotopic (exact) mass is 461 g/mol. The van der Waals surface area contributed by atoms with Crippen LogP contribution in [0.2, 0.25) is 5.02 Å². The summed E-state index contributed by atoms with van der Waals surface area (Å²) in [5, 5.41) is 5.71. The number of nitrogen functional groups attached to an aromatic ring is 1. The summed E-state index contributed by atoms with van der Waals surface area (Å²) in [5.41, 5.74) is 6.97. The number of benzene rings is 2. The molecule has 3 rings (SSSR count). The molecule has 2 amide bonds. The third kappa shape index (κ3) is 4.84. The zero-order chi connectivity index (χ0) is 22.7. The molecular formula is C21H17ClFN3O4S. The van der Waals surface area contributed by atoms with Crippen LogP contribution in [-0.2, 0) is 4.74 Å². The van der Waals surface area contributed by atoms with Gasteiger partial charge in [0.1, 0.15) is 10.8 Å². The first-order valence-electron chi connectivity index (χ1n) is 8.86. The van der Waals surface area contributed by atoms with Crippen molar-refractivity contribution in [2.45, 2.75) is 6.92 Å². The summed E-state index contributed by atoms with van der Waals surface area (Å²) in [6.07, 6.45) is 0. The Kier molecular flexibility index (Phi) is 6.57. The Hall–Kier alpha value is -3.43. The number of hydrogen-bond donors (Lipinski definition) is 3. The summed E-state index contributed by atoms with van der Waals surface area (Å²) in [4.78, 5) is 37.9. The number of carbonyl (C=O) groups excluding carboxylic acids is 3. The minimum Gasteiger partial charge on any atom is -0.465 e. The van der Waals surface area contributed by atoms with Gasteiger partial charge in [0, 0.05) is 11.3 Å². The molecule has 0 radical (unpaired) electrons. The van der Waals surface area contributed by atoms with E-state index in [1.807, 2.05) is 0 Å². The fourth-order valence-electron chi connectivity index (χ4n) is 2.75. The average molecular weight is 462 g/mol. The summed E-state index contributed by atoms with van der Waals surface area (Å²) >= 11 is 6.80. The second-order valence-electron chi connectivity index (χ2n) is 6.40. The van der Waals surface area contributed by atoms with Crippen molar-refractivity contribution in [3.8, 4) is 0 Å². The van der Waals surface area contributed by atoms with Crippen LogP contribution in [0.25, 0.3) is 0 Å². The minimum atomic E-state index is -0.708. The average Bonchev–Trinajstić information content (AvgIpc) is 3.07. The van der Waals surface area contributed by atoms with Gasteiger partial charge in [-0.1, -0.05) is 11.6 Å². The van der Waals surface area contributed by atoms with Crippen molar-refractivity contribution < 1.29 is 23.5 Å². The van der Waals surface area contributed by atoms with Gasteiger partial charge < -0.3 is 21.1 Å². The Bertz CT molecular complexity index is 1180. The molecule has 1 aromatic heterocycles. The van der Waals surface area contributed by atoms with Crippen molar-refractivity contribution in [1.29, 1.82) is 0 Å². The largest absolute Gasteiger partial charge is 0.465 e. The van der Waals surface area contributed by atoms with Gasteiger partial charge in [0.25, 0.3) is 11.8 Å². The Morgan fingerprint density at radius 1 is 1.06 bits per heavy atom. The molecule has 0 bridgehead atoms. The van der Waals surface area contributed by atoms with Crippen molar-refractivity contribution in [3.63, 3.8) is 0 Å². The van der Waals surface area contributed by atoms with Gasteiger partial charge in [0.05, 0.1) is 28.3 Å². The first-order valence-corrected chi connectivity index (χ1v) is 10.1. The number of anilines is 3. The lowest BCUT2D eigenvalue weighted by molar-refractivity contribution is 0.0601. The van der Waals surface area contributed by atoms with E-state index in [1.54, 1.807) is 6.92 Å². The lowest BCUT2D eigenvalue weighted by atomic mass is 10.1. The Morgan fingerprint density at radius 3 is 2.35 bits per heavy atom. The van der Waals surface area contributed by atoms with E-state index >= 15 is 0 Å². The van der Waals surface area contributed by atoms with Gasteiger partial charge in [-0.15, -0.1) is 11.3 Å². The van der Waals surface area contributed by atoms with Crippen LogP contribution in [-0.4, -0.2) is 24.9 Å². The summed E-state index contributed by atoms with van der Waals surface area (Å²) in [6, 6.07) is 9.59. The Morgan fingerprint density at radius 2 is 1.74 bits per heavy atom. The molecule has 4 N–H and O–H groups in total. The standard InChI is InChI=1S/C21H17ClFN3O4S/c1-10-16(21(29)30-2)20(26-18(27)11-3-8-14(22)15(24)9-11)31-17(10)19(28)25-13-6-4-12(23)5-7-13/h3-9H,24H2,1-2H3,(H,25,28)(H,26,27). The van der Waals surface area contributed by atoms with Crippen LogP contribution in [0.5, 0.6) is 0 Å². The maximum Gasteiger partial charge on any atom is 0.341 e. The van der Waals surface area contributed by atoms with Crippen LogP contribution < -0.4 is 16.4 Å². The molecule has 0 aliphatic rings. The van der Waals surface area contributed by atoms with E-state index in [2.05, 4.69) is 10.6 Å². The van der Waals surface area contributed by atoms with Crippen LogP contribution in [0.1, 0.15) is 36.0 Å². The number of esters is 1. The maximum absolute atomic E-state index is 13.1. The highest BCUT2D eigenvalue weighted by Crippen LogP contribution is 2.35. The normalized spacial score (nSPS) is 10.5. The zero-order valence-electron chi connectivity index (χ0n) is 16.4. The minimum absolute atomic E-state index is 0.0621. The van der Waals surface area contributed by atoms with Crippen molar-refractivity contribution in [3.05, 3.63) is 74.9 Å². The van der Waals surface area contributed by atoms with E-state index in [9.17, 15) is 18.8 Å². The highest BCUT2D eigenvalue weighted by atomic mass is 35.5. The fraction of sp³-hybridized carbons (Fsp3) is 0.0952. The number of thiophene rings is 1. The number of rotatable bonds is 5. The number of hydrogen-bond acceptors (Lipinski definition) is 6. The summed E-state index contributed by atoms with van der Waals surface area (Å²) in [6.45, 7) is 1.57. The molecule has 0 unspecified atom stereocenters. The molecule has 160 valence electrons. The van der Waals surface area contributed by atoms with Gasteiger partial charge in [-0.3, -0.25) is 9.59 Å². The van der Waals surface area contributed by atoms with Gasteiger partial charge in [-0.05, 0) is 55.0 Å². The number of halogens is 2. The van der Waals surface area contributed by atoms with Crippen molar-refractivity contribution in [1.82, 2.24) is 0 Å². The quantitative estimate of drug-likeness (QED) is 0.376. The molecule has 0 aliphatic carbocycles. The van der Waals surface area contributed by atoms with E-state index < -0.39 is 23.6 Å². The molecule has 10 heteroatoms. The highest BCUT2D eigenvalue weighted by molar-refractivity contribution is 7.19. The highest BCUT2D eigenvalue weighted by Gasteiger charge is 2.26. The van der Waals surface area contributed by atoms with Crippen LogP contribution in [0.4, 0.5) is 20.8 Å². The Labute approximate surface area is 186 Å². The first-order chi connectivity index (χ1) is 14.7. The van der Waals surface area contributed by atoms with Crippen molar-refractivity contribution in [2.24, 2.45) is 0 Å². The molecule has 7 nitrogen and oxygen atoms in total. The van der Waals surface area contributed by atoms with Crippen molar-refractivity contribution >= 4 is 57.1 Å². The molecule has 0 aliphatic heterocycles. The second kappa shape index (κ2) is 9.15. The molecule has 0 atom stereocenters. The molecule has 1 heterocycles. The van der Waals surface area contributed by atoms with Gasteiger partial charge in [0.2, 0.25) is 0 Å². The maximum atomic E-state index is 13.1. The summed E-state index contributed by atoms with van der Waals surface area (Å²) < 4.78 is 17.9.